The molecule has 2 aromatic heterocycles. The molecule has 1 aliphatic rings. The Kier molecular flexibility index (Phi) is 24.4. The molecule has 0 bridgehead atoms. The summed E-state index contributed by atoms with van der Waals surface area (Å²) >= 11 is 1.04. The average molecular weight is 1030 g/mol. The first kappa shape index (κ1) is 57.8. The number of allylic oxidation sites excluding steroid dienone is 7. The molecule has 67 heavy (non-hydrogen) atoms. The summed E-state index contributed by atoms with van der Waals surface area (Å²) in [6.45, 7) is 2.66. The largest absolute Gasteiger partial charge is 0.481 e. The first-order chi connectivity index (χ1) is 31.6. The van der Waals surface area contributed by atoms with Gasteiger partial charge in [0.25, 0.3) is 0 Å². The second-order valence-corrected chi connectivity index (χ2v) is 20.9. The van der Waals surface area contributed by atoms with E-state index in [9.17, 15) is 57.9 Å². The minimum atomic E-state index is -5.58. The molecule has 2 amide bonds. The lowest BCUT2D eigenvalue weighted by Gasteiger charge is -2.30. The Bertz CT molecular complexity index is 2190. The highest BCUT2D eigenvalue weighted by Crippen LogP contribution is 2.61. The molecule has 10 N–H and O–H groups in total. The van der Waals surface area contributed by atoms with Crippen molar-refractivity contribution < 1.29 is 80.5 Å². The van der Waals surface area contributed by atoms with Crippen LogP contribution in [0.4, 0.5) is 5.82 Å². The summed E-state index contributed by atoms with van der Waals surface area (Å²) in [5, 5.41) is 26.4. The van der Waals surface area contributed by atoms with Gasteiger partial charge in [-0.05, 0) is 44.6 Å². The predicted octanol–water partition coefficient (Wildman–Crippen LogP) is 4.03. The smallest absolute Gasteiger partial charge is 0.386 e. The van der Waals surface area contributed by atoms with Gasteiger partial charge in [-0.3, -0.25) is 32.5 Å². The van der Waals surface area contributed by atoms with Crippen LogP contribution in [0.2, 0.25) is 0 Å². The van der Waals surface area contributed by atoms with Crippen LogP contribution in [0.15, 0.2) is 61.3 Å². The van der Waals surface area contributed by atoms with Crippen LogP contribution in [0.25, 0.3) is 11.2 Å². The molecule has 7 atom stereocenters. The third kappa shape index (κ3) is 21.4. The Morgan fingerprint density at radius 3 is 2.27 bits per heavy atom. The number of nitrogen functional groups attached to an aromatic ring is 1. The number of phosphoric acid groups is 3. The van der Waals surface area contributed by atoms with Gasteiger partial charge in [0.05, 0.1) is 19.5 Å². The summed E-state index contributed by atoms with van der Waals surface area (Å²) in [4.78, 5) is 88.2. The van der Waals surface area contributed by atoms with Crippen molar-refractivity contribution in [2.75, 3.05) is 37.8 Å². The zero-order valence-electron chi connectivity index (χ0n) is 37.3. The monoisotopic (exact) mass is 1030 g/mol. The highest BCUT2D eigenvalue weighted by atomic mass is 32.2. The number of nitrogens with zero attached hydrogens (tertiary/aromatic N) is 4. The number of nitrogens with two attached hydrogens (primary N) is 1. The van der Waals surface area contributed by atoms with Crippen LogP contribution in [-0.4, -0.2) is 123 Å². The van der Waals surface area contributed by atoms with Crippen LogP contribution >= 0.6 is 35.2 Å². The van der Waals surface area contributed by atoms with E-state index in [1.807, 2.05) is 0 Å². The van der Waals surface area contributed by atoms with Gasteiger partial charge in [-0.2, -0.15) is 4.31 Å². The van der Waals surface area contributed by atoms with Crippen LogP contribution in [0.5, 0.6) is 0 Å². The van der Waals surface area contributed by atoms with E-state index in [1.165, 1.54) is 39.2 Å². The molecule has 1 fully saturated rings. The number of phosphoric ester groups is 3. The maximum Gasteiger partial charge on any atom is 0.481 e. The number of imidazole rings is 1. The molecule has 376 valence electrons. The minimum absolute atomic E-state index is 0.0296. The lowest BCUT2D eigenvalue weighted by atomic mass is 9.87. The number of carbonyl (C=O) groups is 3. The molecule has 1 saturated heterocycles. The fourth-order valence-electron chi connectivity index (χ4n) is 5.99. The number of thioether (sulfide) groups is 1. The zero-order valence-corrected chi connectivity index (χ0v) is 40.8. The summed E-state index contributed by atoms with van der Waals surface area (Å²) in [6.07, 6.45) is 17.4. The highest BCUT2D eigenvalue weighted by Gasteiger charge is 2.50. The van der Waals surface area contributed by atoms with Gasteiger partial charge in [0.2, 0.25) is 16.9 Å². The third-order valence-corrected chi connectivity index (χ3v) is 13.4. The molecule has 0 spiro atoms. The fourth-order valence-corrected chi connectivity index (χ4v) is 9.42. The Balaban J connectivity index is 1.34. The summed E-state index contributed by atoms with van der Waals surface area (Å²) in [7, 11) is -16.4. The molecular weight excluding hydrogens is 963 g/mol. The number of aliphatic hydroxyl groups is 2. The summed E-state index contributed by atoms with van der Waals surface area (Å²) in [5.41, 5.74) is 4.27. The van der Waals surface area contributed by atoms with Crippen LogP contribution in [-0.2, 0) is 50.7 Å². The number of hydrogen-bond donors (Lipinski definition) is 9. The van der Waals surface area contributed by atoms with Gasteiger partial charge in [-0.15, -0.1) is 0 Å². The number of hydrogen-bond acceptors (Lipinski definition) is 18. The van der Waals surface area contributed by atoms with Crippen LogP contribution in [0.3, 0.4) is 0 Å². The predicted molar refractivity (Wildman–Crippen MR) is 246 cm³/mol. The van der Waals surface area contributed by atoms with Crippen molar-refractivity contribution in [2.45, 2.75) is 109 Å². The Labute approximate surface area is 392 Å². The SMILES string of the molecule is CCCCC/C=C\C/C=C\C/C=C\CC/C=C/C(=O)SCCNC(=O)CCNC(=O)[C@H](O)C(C)(C)COP(=O)(O)OP(=O)(O)OC[C@H]1O[C@@H](n2cnc3c(N)ncnc32)[C@H](O)[C@@H]1OP(=O)(O)O. The third-order valence-electron chi connectivity index (χ3n) is 9.52. The highest BCUT2D eigenvalue weighted by molar-refractivity contribution is 8.14. The molecule has 0 aliphatic carbocycles. The molecule has 1 aliphatic heterocycles. The first-order valence-electron chi connectivity index (χ1n) is 21.2. The van der Waals surface area contributed by atoms with E-state index in [-0.39, 0.29) is 41.6 Å². The number of nitrogens with one attached hydrogen (secondary N) is 2. The molecule has 0 saturated carbocycles. The molecule has 0 radical (unpaired) electrons. The van der Waals surface area contributed by atoms with Gasteiger partial charge in [-0.25, -0.2) is 28.6 Å². The van der Waals surface area contributed by atoms with Crippen LogP contribution in [0.1, 0.15) is 84.8 Å². The summed E-state index contributed by atoms with van der Waals surface area (Å²) in [6, 6.07) is 0. The van der Waals surface area contributed by atoms with E-state index in [1.54, 1.807) is 6.08 Å². The number of rotatable bonds is 31. The molecule has 0 aromatic carbocycles. The van der Waals surface area contributed by atoms with Gasteiger partial charge in [-0.1, -0.05) is 87.9 Å². The van der Waals surface area contributed by atoms with Crippen molar-refractivity contribution in [1.29, 1.82) is 0 Å². The second kappa shape index (κ2) is 28.3. The van der Waals surface area contributed by atoms with Crippen molar-refractivity contribution >= 4 is 69.1 Å². The number of carbonyl (C=O) groups excluding carboxylic acids is 3. The van der Waals surface area contributed by atoms with Crippen LogP contribution in [0, 0.1) is 5.41 Å². The lowest BCUT2D eigenvalue weighted by molar-refractivity contribution is -0.137. The van der Waals surface area contributed by atoms with Crippen molar-refractivity contribution in [3.8, 4) is 0 Å². The Hall–Kier alpha value is -3.48. The molecule has 3 rings (SSSR count). The topological polar surface area (TPSA) is 364 Å². The Morgan fingerprint density at radius 1 is 0.925 bits per heavy atom. The normalized spacial score (nSPS) is 20.6. The van der Waals surface area contributed by atoms with Crippen molar-refractivity contribution in [2.24, 2.45) is 5.41 Å². The summed E-state index contributed by atoms with van der Waals surface area (Å²) < 4.78 is 62.4. The second-order valence-electron chi connectivity index (χ2n) is 15.6. The van der Waals surface area contributed by atoms with Crippen molar-refractivity contribution in [1.82, 2.24) is 30.2 Å². The molecule has 2 aromatic rings. The van der Waals surface area contributed by atoms with Gasteiger partial charge in [0.15, 0.2) is 17.7 Å². The van der Waals surface area contributed by atoms with E-state index >= 15 is 0 Å². The number of unbranched alkanes of at least 4 members (excludes halogenated alkanes) is 4. The van der Waals surface area contributed by atoms with Gasteiger partial charge >= 0.3 is 23.5 Å². The van der Waals surface area contributed by atoms with Crippen molar-refractivity contribution in [3.63, 3.8) is 0 Å². The first-order valence-corrected chi connectivity index (χ1v) is 26.7. The standard InChI is InChI=1S/C39H62N7O17P3S/c1-4-5-6-7-8-9-10-11-12-13-14-15-16-17-18-19-30(48)67-23-22-41-29(47)20-21-42-37(51)34(50)39(2,3)25-60-66(57,58)63-65(55,56)59-24-28-33(62-64(52,53)54)32(49)38(61-28)46-27-45-31-35(40)43-26-44-36(31)46/h8-9,11-12,14-15,18-19,26-28,32-34,38,49-50H,4-7,10,13,16-17,20-25H2,1-3H3,(H,41,47)(H,42,51)(H,55,56)(H,57,58)(H2,40,43,44)(H2,52,53,54)/b9-8-,12-11-,15-14-,19-18+/t28-,32-,33-,34+,38-/m1/s1. The fraction of sp³-hybridized carbons (Fsp3) is 0.590. The van der Waals surface area contributed by atoms with Crippen LogP contribution < -0.4 is 16.4 Å². The number of anilines is 1. The molecular formula is C39H62N7O17P3S. The number of ether oxygens (including phenoxy) is 1. The average Bonchev–Trinajstić information content (AvgIpc) is 3.81. The van der Waals surface area contributed by atoms with Gasteiger partial charge in [0.1, 0.15) is 36.3 Å². The number of fused-ring (bicyclic) bond motifs is 1. The van der Waals surface area contributed by atoms with Crippen molar-refractivity contribution in [3.05, 3.63) is 61.3 Å². The number of amides is 2. The van der Waals surface area contributed by atoms with E-state index < -0.39 is 84.6 Å². The minimum Gasteiger partial charge on any atom is -0.386 e. The van der Waals surface area contributed by atoms with E-state index in [2.05, 4.69) is 77.8 Å². The number of aromatic nitrogens is 4. The molecule has 3 heterocycles. The maximum absolute atomic E-state index is 12.7. The molecule has 24 nitrogen and oxygen atoms in total. The number of aliphatic hydroxyl groups excluding tert-OH is 2. The molecule has 2 unspecified atom stereocenters. The Morgan fingerprint density at radius 2 is 1.58 bits per heavy atom. The molecule has 28 heteroatoms. The van der Waals surface area contributed by atoms with E-state index in [4.69, 9.17) is 19.5 Å². The maximum atomic E-state index is 12.7. The van der Waals surface area contributed by atoms with Gasteiger partial charge in [0, 0.05) is 30.7 Å². The van der Waals surface area contributed by atoms with Gasteiger partial charge < -0.3 is 50.9 Å². The lowest BCUT2D eigenvalue weighted by Crippen LogP contribution is -2.46. The summed E-state index contributed by atoms with van der Waals surface area (Å²) in [5.74, 6) is -1.15. The zero-order chi connectivity index (χ0) is 49.7. The van der Waals surface area contributed by atoms with E-state index in [0.29, 0.717) is 12.2 Å². The quantitative estimate of drug-likeness (QED) is 0.0223. The van der Waals surface area contributed by atoms with E-state index in [0.717, 1.165) is 54.7 Å².